The zero-order valence-corrected chi connectivity index (χ0v) is 12.1. The van der Waals surface area contributed by atoms with E-state index in [2.05, 4.69) is 0 Å². The Balaban J connectivity index is 0.00000176. The van der Waals surface area contributed by atoms with E-state index in [4.69, 9.17) is 14.9 Å². The molecule has 1 heterocycles. The number of esters is 1. The molecule has 0 amide bonds. The summed E-state index contributed by atoms with van der Waals surface area (Å²) in [4.78, 5) is 23.9. The zero-order chi connectivity index (χ0) is 14.8. The summed E-state index contributed by atoms with van der Waals surface area (Å²) in [5.74, 6) is -0.408. The summed E-state index contributed by atoms with van der Waals surface area (Å²) in [6.45, 7) is 0. The first-order chi connectivity index (χ1) is 10.1. The molecule has 2 N–H and O–H groups in total. The molecule has 0 bridgehead atoms. The van der Waals surface area contributed by atoms with Crippen LogP contribution in [0.5, 0.6) is 5.75 Å². The van der Waals surface area contributed by atoms with Gasteiger partial charge in [0.2, 0.25) is 0 Å². The minimum absolute atomic E-state index is 0. The Kier molecular flexibility index (Phi) is 4.48. The Morgan fingerprint density at radius 1 is 1.05 bits per heavy atom. The Hall–Kier alpha value is -2.79. The van der Waals surface area contributed by atoms with Crippen molar-refractivity contribution in [1.29, 1.82) is 0 Å². The summed E-state index contributed by atoms with van der Waals surface area (Å²) in [7, 11) is 0. The second-order valence-electron chi connectivity index (χ2n) is 4.45. The maximum absolute atomic E-state index is 12.1. The van der Waals surface area contributed by atoms with Crippen molar-refractivity contribution in [2.24, 2.45) is 0 Å². The zero-order valence-electron chi connectivity index (χ0n) is 11.3. The summed E-state index contributed by atoms with van der Waals surface area (Å²) in [6.07, 6.45) is 0. The number of hydrogen-bond acceptors (Lipinski definition) is 5. The van der Waals surface area contributed by atoms with Gasteiger partial charge in [-0.25, -0.2) is 9.59 Å². The number of anilines is 1. The van der Waals surface area contributed by atoms with Gasteiger partial charge < -0.3 is 14.9 Å². The van der Waals surface area contributed by atoms with Crippen LogP contribution in [0, 0.1) is 0 Å². The van der Waals surface area contributed by atoms with E-state index in [1.807, 2.05) is 0 Å². The molecule has 0 saturated heterocycles. The van der Waals surface area contributed by atoms with Gasteiger partial charge in [-0.2, -0.15) is 0 Å². The van der Waals surface area contributed by atoms with Gasteiger partial charge in [-0.05, 0) is 36.4 Å². The third kappa shape index (κ3) is 3.10. The Morgan fingerprint density at radius 2 is 1.77 bits per heavy atom. The quantitative estimate of drug-likeness (QED) is 0.340. The van der Waals surface area contributed by atoms with Gasteiger partial charge in [0, 0.05) is 11.1 Å². The number of rotatable bonds is 2. The van der Waals surface area contributed by atoms with Crippen LogP contribution in [0.4, 0.5) is 5.69 Å². The van der Waals surface area contributed by atoms with Crippen molar-refractivity contribution in [3.05, 3.63) is 70.6 Å². The molecule has 6 heteroatoms. The van der Waals surface area contributed by atoms with Crippen LogP contribution in [0.3, 0.4) is 0 Å². The third-order valence-corrected chi connectivity index (χ3v) is 2.93. The van der Waals surface area contributed by atoms with Crippen molar-refractivity contribution in [3.63, 3.8) is 0 Å². The predicted molar refractivity (Wildman–Crippen MR) is 85.5 cm³/mol. The molecule has 0 fully saturated rings. The first-order valence-corrected chi connectivity index (χ1v) is 6.24. The lowest BCUT2D eigenvalue weighted by atomic mass is 10.1. The topological polar surface area (TPSA) is 82.5 Å². The normalized spacial score (nSPS) is 10.0. The van der Waals surface area contributed by atoms with Crippen LogP contribution in [0.2, 0.25) is 0 Å². The van der Waals surface area contributed by atoms with E-state index in [9.17, 15) is 9.59 Å². The minimum Gasteiger partial charge on any atom is -0.423 e. The SMILES string of the molecule is Cl.Nc1ccc2oc(=O)c(C(=O)Oc3ccccc3)cc2c1. The molecule has 112 valence electrons. The van der Waals surface area contributed by atoms with Crippen LogP contribution in [0.25, 0.3) is 11.0 Å². The summed E-state index contributed by atoms with van der Waals surface area (Å²) in [6, 6.07) is 14.7. The fraction of sp³-hybridized carbons (Fsp3) is 0. The highest BCUT2D eigenvalue weighted by Crippen LogP contribution is 2.18. The molecular weight excluding hydrogens is 306 g/mol. The van der Waals surface area contributed by atoms with Crippen molar-refractivity contribution in [1.82, 2.24) is 0 Å². The van der Waals surface area contributed by atoms with E-state index < -0.39 is 11.6 Å². The largest absolute Gasteiger partial charge is 0.423 e. The maximum atomic E-state index is 12.1. The second kappa shape index (κ2) is 6.32. The highest BCUT2D eigenvalue weighted by Gasteiger charge is 2.16. The van der Waals surface area contributed by atoms with E-state index in [0.29, 0.717) is 22.4 Å². The van der Waals surface area contributed by atoms with Crippen molar-refractivity contribution >= 4 is 35.0 Å². The van der Waals surface area contributed by atoms with E-state index in [-0.39, 0.29) is 18.0 Å². The first kappa shape index (κ1) is 15.6. The number of halogens is 1. The number of nitrogen functional groups attached to an aromatic ring is 1. The van der Waals surface area contributed by atoms with E-state index in [1.54, 1.807) is 48.5 Å². The molecule has 1 aromatic heterocycles. The monoisotopic (exact) mass is 317 g/mol. The average Bonchev–Trinajstić information content (AvgIpc) is 2.48. The van der Waals surface area contributed by atoms with Crippen LogP contribution in [0.15, 0.2) is 63.8 Å². The summed E-state index contributed by atoms with van der Waals surface area (Å²) < 4.78 is 10.2. The number of fused-ring (bicyclic) bond motifs is 1. The highest BCUT2D eigenvalue weighted by molar-refractivity contribution is 5.94. The molecule has 3 aromatic rings. The molecule has 22 heavy (non-hydrogen) atoms. The van der Waals surface area contributed by atoms with Crippen LogP contribution in [-0.2, 0) is 0 Å². The molecule has 0 aliphatic rings. The number of carbonyl (C=O) groups is 1. The van der Waals surface area contributed by atoms with Crippen molar-refractivity contribution < 1.29 is 13.9 Å². The molecular formula is C16H12ClNO4. The molecule has 0 aliphatic heterocycles. The standard InChI is InChI=1S/C16H11NO4.ClH/c17-11-6-7-14-10(8-11)9-13(16(19)21-14)15(18)20-12-4-2-1-3-5-12;/h1-9H,17H2;1H. The van der Waals surface area contributed by atoms with Crippen molar-refractivity contribution in [2.45, 2.75) is 0 Å². The lowest BCUT2D eigenvalue weighted by Gasteiger charge is -2.04. The number of ether oxygens (including phenoxy) is 1. The van der Waals surface area contributed by atoms with Crippen LogP contribution in [0.1, 0.15) is 10.4 Å². The summed E-state index contributed by atoms with van der Waals surface area (Å²) in [5, 5.41) is 0.564. The van der Waals surface area contributed by atoms with Crippen molar-refractivity contribution in [2.75, 3.05) is 5.73 Å². The average molecular weight is 318 g/mol. The fourth-order valence-electron chi connectivity index (χ4n) is 1.93. The van der Waals surface area contributed by atoms with Gasteiger partial charge in [-0.1, -0.05) is 18.2 Å². The minimum atomic E-state index is -0.765. The number of carbonyl (C=O) groups excluding carboxylic acids is 1. The van der Waals surface area contributed by atoms with Gasteiger partial charge in [0.25, 0.3) is 0 Å². The maximum Gasteiger partial charge on any atom is 0.351 e. The molecule has 0 radical (unpaired) electrons. The van der Waals surface area contributed by atoms with Gasteiger partial charge in [0.1, 0.15) is 16.9 Å². The summed E-state index contributed by atoms with van der Waals surface area (Å²) >= 11 is 0. The van der Waals surface area contributed by atoms with E-state index in [0.717, 1.165) is 0 Å². The third-order valence-electron chi connectivity index (χ3n) is 2.93. The molecule has 0 unspecified atom stereocenters. The molecule has 0 aliphatic carbocycles. The Morgan fingerprint density at radius 3 is 2.50 bits per heavy atom. The van der Waals surface area contributed by atoms with Gasteiger partial charge >= 0.3 is 11.6 Å². The number of nitrogens with two attached hydrogens (primary N) is 1. The Labute approximate surface area is 131 Å². The van der Waals surface area contributed by atoms with Crippen LogP contribution >= 0.6 is 12.4 Å². The lowest BCUT2D eigenvalue weighted by molar-refractivity contribution is 0.0730. The van der Waals surface area contributed by atoms with Gasteiger partial charge in [0.05, 0.1) is 0 Å². The molecule has 0 spiro atoms. The molecule has 0 saturated carbocycles. The summed E-state index contributed by atoms with van der Waals surface area (Å²) in [5.41, 5.74) is 5.64. The molecule has 0 atom stereocenters. The number of hydrogen-bond donors (Lipinski definition) is 1. The van der Waals surface area contributed by atoms with Gasteiger partial charge in [-0.3, -0.25) is 0 Å². The van der Waals surface area contributed by atoms with Crippen LogP contribution in [-0.4, -0.2) is 5.97 Å². The van der Waals surface area contributed by atoms with Crippen molar-refractivity contribution in [3.8, 4) is 5.75 Å². The van der Waals surface area contributed by atoms with E-state index in [1.165, 1.54) is 6.07 Å². The van der Waals surface area contributed by atoms with E-state index >= 15 is 0 Å². The molecule has 5 nitrogen and oxygen atoms in total. The smallest absolute Gasteiger partial charge is 0.351 e. The Bertz CT molecular complexity index is 874. The van der Waals surface area contributed by atoms with Gasteiger partial charge in [-0.15, -0.1) is 12.4 Å². The molecule has 3 rings (SSSR count). The predicted octanol–water partition coefficient (Wildman–Crippen LogP) is 3.02. The van der Waals surface area contributed by atoms with Crippen LogP contribution < -0.4 is 16.1 Å². The number of para-hydroxylation sites is 1. The number of benzene rings is 2. The van der Waals surface area contributed by atoms with Gasteiger partial charge in [0.15, 0.2) is 0 Å². The molecule has 2 aromatic carbocycles. The highest BCUT2D eigenvalue weighted by atomic mass is 35.5. The second-order valence-corrected chi connectivity index (χ2v) is 4.45. The lowest BCUT2D eigenvalue weighted by Crippen LogP contribution is -2.18. The fourth-order valence-corrected chi connectivity index (χ4v) is 1.93. The first-order valence-electron chi connectivity index (χ1n) is 6.24.